The Hall–Kier alpha value is -2.95. The van der Waals surface area contributed by atoms with Crippen LogP contribution in [0.5, 0.6) is 11.5 Å². The zero-order valence-corrected chi connectivity index (χ0v) is 16.8. The number of benzene rings is 2. The summed E-state index contributed by atoms with van der Waals surface area (Å²) in [5.41, 5.74) is 1.91. The number of cyclic esters (lactones) is 4. The van der Waals surface area contributed by atoms with Gasteiger partial charge in [-0.3, -0.25) is 9.59 Å². The summed E-state index contributed by atoms with van der Waals surface area (Å²) < 4.78 is 22.7. The highest BCUT2D eigenvalue weighted by atomic mass is 127. The summed E-state index contributed by atoms with van der Waals surface area (Å²) in [6.45, 7) is 0. The zero-order valence-electron chi connectivity index (χ0n) is 14.7. The fourth-order valence-electron chi connectivity index (χ4n) is 3.26. The summed E-state index contributed by atoms with van der Waals surface area (Å²) >= 11 is -0.391. The minimum atomic E-state index is -0.934. The minimum Gasteiger partial charge on any atom is -0.478 e. The molecule has 9 heteroatoms. The highest BCUT2D eigenvalue weighted by Crippen LogP contribution is 2.31. The SMILES string of the molecule is O=C1CC(Oc2ccc3c(c2)-c2cc(OC4CC(=O)OC4=O)ccc2[I+]3)C(=O)O1. The zero-order chi connectivity index (χ0) is 20.1. The van der Waals surface area contributed by atoms with Gasteiger partial charge in [0, 0.05) is 11.1 Å². The Morgan fingerprint density at radius 2 is 1.17 bits per heavy atom. The van der Waals surface area contributed by atoms with E-state index < -0.39 is 57.3 Å². The summed E-state index contributed by atoms with van der Waals surface area (Å²) in [5, 5.41) is 0. The van der Waals surface area contributed by atoms with Crippen molar-refractivity contribution in [3.63, 3.8) is 0 Å². The number of hydrogen-bond donors (Lipinski definition) is 0. The van der Waals surface area contributed by atoms with Gasteiger partial charge in [0.1, 0.15) is 11.5 Å². The number of fused-ring (bicyclic) bond motifs is 3. The Labute approximate surface area is 174 Å². The van der Waals surface area contributed by atoms with Crippen LogP contribution in [0, 0.1) is 7.14 Å². The highest BCUT2D eigenvalue weighted by molar-refractivity contribution is 5.97. The lowest BCUT2D eigenvalue weighted by molar-refractivity contribution is -0.589. The molecule has 8 nitrogen and oxygen atoms in total. The van der Waals surface area contributed by atoms with E-state index in [0.717, 1.165) is 11.1 Å². The number of halogens is 1. The van der Waals surface area contributed by atoms with E-state index in [1.54, 1.807) is 12.1 Å². The molecule has 29 heavy (non-hydrogen) atoms. The molecule has 146 valence electrons. The maximum Gasteiger partial charge on any atom is 0.359 e. The molecular formula is C20H12IO8+. The number of rotatable bonds is 4. The van der Waals surface area contributed by atoms with E-state index in [2.05, 4.69) is 9.47 Å². The van der Waals surface area contributed by atoms with Crippen LogP contribution in [0.15, 0.2) is 36.4 Å². The maximum atomic E-state index is 11.6. The average Bonchev–Trinajstić information content (AvgIpc) is 3.30. The molecule has 2 atom stereocenters. The molecule has 0 aromatic heterocycles. The Morgan fingerprint density at radius 3 is 1.55 bits per heavy atom. The third kappa shape index (κ3) is 3.35. The quantitative estimate of drug-likeness (QED) is 0.233. The second kappa shape index (κ2) is 6.83. The van der Waals surface area contributed by atoms with Crippen LogP contribution in [0.4, 0.5) is 0 Å². The van der Waals surface area contributed by atoms with Gasteiger partial charge < -0.3 is 18.9 Å². The van der Waals surface area contributed by atoms with Gasteiger partial charge in [-0.1, -0.05) is 0 Å². The maximum absolute atomic E-state index is 11.6. The largest absolute Gasteiger partial charge is 0.478 e. The summed E-state index contributed by atoms with van der Waals surface area (Å²) in [6.07, 6.45) is -2.07. The van der Waals surface area contributed by atoms with Gasteiger partial charge in [-0.2, -0.15) is 0 Å². The van der Waals surface area contributed by atoms with Gasteiger partial charge in [0.2, 0.25) is 19.3 Å². The minimum absolute atomic E-state index is 0.104. The molecule has 0 saturated carbocycles. The van der Waals surface area contributed by atoms with Gasteiger partial charge >= 0.3 is 45.1 Å². The summed E-state index contributed by atoms with van der Waals surface area (Å²) in [4.78, 5) is 45.8. The second-order valence-corrected chi connectivity index (χ2v) is 9.45. The van der Waals surface area contributed by atoms with E-state index in [1.807, 2.05) is 24.3 Å². The molecule has 0 N–H and O–H groups in total. The van der Waals surface area contributed by atoms with E-state index in [-0.39, 0.29) is 12.8 Å². The van der Waals surface area contributed by atoms with Crippen molar-refractivity contribution < 1.29 is 59.3 Å². The van der Waals surface area contributed by atoms with Gasteiger partial charge in [-0.25, -0.2) is 9.59 Å². The van der Waals surface area contributed by atoms with Crippen LogP contribution in [0.3, 0.4) is 0 Å². The third-order valence-electron chi connectivity index (χ3n) is 4.58. The summed E-state index contributed by atoms with van der Waals surface area (Å²) in [6, 6.07) is 11.1. The van der Waals surface area contributed by atoms with E-state index in [1.165, 1.54) is 7.14 Å². The average molecular weight is 507 g/mol. The van der Waals surface area contributed by atoms with Crippen LogP contribution in [0.25, 0.3) is 11.1 Å². The first-order valence-corrected chi connectivity index (χ1v) is 10.9. The number of ether oxygens (including phenoxy) is 4. The van der Waals surface area contributed by atoms with E-state index in [4.69, 9.17) is 9.47 Å². The van der Waals surface area contributed by atoms with E-state index >= 15 is 0 Å². The van der Waals surface area contributed by atoms with Gasteiger partial charge in [0.25, 0.3) is 0 Å². The van der Waals surface area contributed by atoms with Crippen LogP contribution < -0.4 is 30.7 Å². The molecule has 2 fully saturated rings. The van der Waals surface area contributed by atoms with Crippen LogP contribution in [0.2, 0.25) is 0 Å². The highest BCUT2D eigenvalue weighted by Gasteiger charge is 2.39. The Bertz CT molecular complexity index is 1010. The molecule has 0 amide bonds. The third-order valence-corrected chi connectivity index (χ3v) is 7.63. The molecule has 0 radical (unpaired) electrons. The Kier molecular flexibility index (Phi) is 4.26. The standard InChI is InChI=1S/C20H12IO8/c22-17-7-15(19(24)28-17)26-9-1-3-13-11(5-9)12-6-10(2-4-14(12)21-13)27-16-8-18(23)29-20(16)25/h1-6,15-16H,7-8H2/q+1. The first kappa shape index (κ1) is 18.1. The summed E-state index contributed by atoms with van der Waals surface area (Å²) in [5.74, 6) is -1.62. The molecule has 3 aliphatic heterocycles. The Morgan fingerprint density at radius 1 is 0.724 bits per heavy atom. The molecule has 2 aromatic rings. The fourth-order valence-corrected chi connectivity index (χ4v) is 6.08. The molecule has 2 unspecified atom stereocenters. The van der Waals surface area contributed by atoms with Crippen LogP contribution in [-0.4, -0.2) is 36.1 Å². The van der Waals surface area contributed by atoms with Crippen LogP contribution in [-0.2, 0) is 28.7 Å². The lowest BCUT2D eigenvalue weighted by Gasteiger charge is -2.11. The second-order valence-electron chi connectivity index (χ2n) is 6.59. The van der Waals surface area contributed by atoms with Crippen molar-refractivity contribution in [2.24, 2.45) is 0 Å². The van der Waals surface area contributed by atoms with Gasteiger partial charge in [0.15, 0.2) is 0 Å². The van der Waals surface area contributed by atoms with Gasteiger partial charge in [-0.15, -0.1) is 0 Å². The molecule has 0 aliphatic carbocycles. The molecule has 0 spiro atoms. The smallest absolute Gasteiger partial charge is 0.359 e. The van der Waals surface area contributed by atoms with Crippen molar-refractivity contribution in [1.82, 2.24) is 0 Å². The predicted octanol–water partition coefficient (Wildman–Crippen LogP) is -1.76. The molecular weight excluding hydrogens is 495 g/mol. The lowest BCUT2D eigenvalue weighted by atomic mass is 10.1. The van der Waals surface area contributed by atoms with Crippen molar-refractivity contribution in [2.75, 3.05) is 0 Å². The Balaban J connectivity index is 1.40. The fraction of sp³-hybridized carbons (Fsp3) is 0.200. The number of carbonyl (C=O) groups excluding carboxylic acids is 4. The molecule has 3 heterocycles. The molecule has 0 bridgehead atoms. The van der Waals surface area contributed by atoms with E-state index in [9.17, 15) is 19.2 Å². The topological polar surface area (TPSA) is 105 Å². The van der Waals surface area contributed by atoms with Crippen LogP contribution >= 0.6 is 0 Å². The first-order chi connectivity index (χ1) is 14.0. The van der Waals surface area contributed by atoms with Crippen molar-refractivity contribution >= 4 is 23.9 Å². The van der Waals surface area contributed by atoms with E-state index in [0.29, 0.717) is 11.5 Å². The number of esters is 4. The monoisotopic (exact) mass is 507 g/mol. The van der Waals surface area contributed by atoms with Crippen molar-refractivity contribution in [1.29, 1.82) is 0 Å². The normalized spacial score (nSPS) is 22.2. The van der Waals surface area contributed by atoms with Crippen molar-refractivity contribution in [2.45, 2.75) is 25.0 Å². The van der Waals surface area contributed by atoms with Crippen LogP contribution in [0.1, 0.15) is 12.8 Å². The predicted molar refractivity (Wildman–Crippen MR) is 89.5 cm³/mol. The molecule has 3 aliphatic rings. The lowest BCUT2D eigenvalue weighted by Crippen LogP contribution is -3.61. The first-order valence-electron chi connectivity index (χ1n) is 8.72. The van der Waals surface area contributed by atoms with Gasteiger partial charge in [0.05, 0.1) is 12.8 Å². The van der Waals surface area contributed by atoms with Gasteiger partial charge in [-0.05, 0) is 36.4 Å². The number of carbonyl (C=O) groups is 4. The molecule has 5 rings (SSSR count). The molecule has 2 saturated heterocycles. The van der Waals surface area contributed by atoms with Crippen molar-refractivity contribution in [3.05, 3.63) is 43.5 Å². The summed E-state index contributed by atoms with van der Waals surface area (Å²) in [7, 11) is 0. The van der Waals surface area contributed by atoms with Crippen molar-refractivity contribution in [3.8, 4) is 22.6 Å². The number of hydrogen-bond acceptors (Lipinski definition) is 8. The molecule has 2 aromatic carbocycles.